The van der Waals surface area contributed by atoms with Gasteiger partial charge in [0.25, 0.3) is 5.91 Å². The molecule has 0 bridgehead atoms. The van der Waals surface area contributed by atoms with Gasteiger partial charge < -0.3 is 9.73 Å². The van der Waals surface area contributed by atoms with E-state index in [-0.39, 0.29) is 5.11 Å². The molecule has 0 saturated carbocycles. The molecule has 0 unspecified atom stereocenters. The summed E-state index contributed by atoms with van der Waals surface area (Å²) in [5, 5.41) is 5.70. The predicted molar refractivity (Wildman–Crippen MR) is 123 cm³/mol. The molecule has 0 aliphatic heterocycles. The van der Waals surface area contributed by atoms with Crippen molar-refractivity contribution < 1.29 is 13.6 Å². The predicted octanol–water partition coefficient (Wildman–Crippen LogP) is 5.25. The Morgan fingerprint density at radius 1 is 1.03 bits per heavy atom. The fourth-order valence-electron chi connectivity index (χ4n) is 3.14. The molecule has 2 N–H and O–H groups in total. The maximum absolute atomic E-state index is 13.0. The first-order valence-electron chi connectivity index (χ1n) is 9.85. The van der Waals surface area contributed by atoms with E-state index in [0.29, 0.717) is 17.9 Å². The van der Waals surface area contributed by atoms with Crippen molar-refractivity contribution in [3.8, 4) is 0 Å². The van der Waals surface area contributed by atoms with Gasteiger partial charge in [0.05, 0.1) is 0 Å². The van der Waals surface area contributed by atoms with Gasteiger partial charge in [-0.25, -0.2) is 9.37 Å². The summed E-state index contributed by atoms with van der Waals surface area (Å²) in [4.78, 5) is 16.7. The van der Waals surface area contributed by atoms with Crippen molar-refractivity contribution >= 4 is 40.0 Å². The van der Waals surface area contributed by atoms with Crippen LogP contribution in [-0.4, -0.2) is 16.0 Å². The second-order valence-corrected chi connectivity index (χ2v) is 7.46. The molecule has 1 amide bonds. The van der Waals surface area contributed by atoms with Crippen LogP contribution in [0.4, 0.5) is 10.1 Å². The maximum atomic E-state index is 13.0. The van der Waals surface area contributed by atoms with Gasteiger partial charge in [0.1, 0.15) is 11.3 Å². The molecule has 156 valence electrons. The third kappa shape index (κ3) is 5.13. The average molecular weight is 434 g/mol. The van der Waals surface area contributed by atoms with Crippen LogP contribution in [0.25, 0.3) is 11.1 Å². The molecule has 0 fully saturated rings. The molecule has 3 aromatic carbocycles. The Hall–Kier alpha value is -3.58. The van der Waals surface area contributed by atoms with Crippen molar-refractivity contribution in [2.75, 3.05) is 5.32 Å². The van der Waals surface area contributed by atoms with E-state index >= 15 is 0 Å². The summed E-state index contributed by atoms with van der Waals surface area (Å²) in [5.74, 6) is -0.150. The number of aromatic nitrogens is 1. The minimum absolute atomic E-state index is 0.160. The second-order valence-electron chi connectivity index (χ2n) is 7.05. The minimum atomic E-state index is -0.406. The number of fused-ring (bicyclic) bond motifs is 1. The Labute approximate surface area is 184 Å². The molecule has 5 nitrogen and oxygen atoms in total. The summed E-state index contributed by atoms with van der Waals surface area (Å²) >= 11 is 5.19. The van der Waals surface area contributed by atoms with Gasteiger partial charge in [-0.05, 0) is 78.3 Å². The number of halogens is 1. The molecular formula is C24H20FN3O2S. The lowest BCUT2D eigenvalue weighted by Crippen LogP contribution is -2.34. The number of nitrogens with zero attached hydrogens (tertiary/aromatic N) is 1. The molecular weight excluding hydrogens is 413 g/mol. The van der Waals surface area contributed by atoms with Crippen LogP contribution >= 0.6 is 12.2 Å². The zero-order chi connectivity index (χ0) is 21.8. The van der Waals surface area contributed by atoms with E-state index in [1.54, 1.807) is 0 Å². The highest BCUT2D eigenvalue weighted by Gasteiger charge is 2.10. The number of nitrogens with one attached hydrogen (secondary N) is 2. The molecule has 0 saturated heterocycles. The van der Waals surface area contributed by atoms with Crippen LogP contribution < -0.4 is 10.6 Å². The monoisotopic (exact) mass is 433 g/mol. The van der Waals surface area contributed by atoms with Crippen molar-refractivity contribution in [3.05, 3.63) is 95.1 Å². The number of thiocarbonyl (C=S) groups is 1. The van der Waals surface area contributed by atoms with Crippen molar-refractivity contribution in [1.82, 2.24) is 10.3 Å². The molecule has 0 aliphatic rings. The normalized spacial score (nSPS) is 10.8. The Kier molecular flexibility index (Phi) is 6.04. The van der Waals surface area contributed by atoms with E-state index in [2.05, 4.69) is 34.7 Å². The standard InChI is InChI=1S/C24H20FN3O2S/c1-2-15-5-12-21-20(13-15)27-22(30-21)14-16-3-10-19(11-4-16)26-24(31)28-23(29)17-6-8-18(25)9-7-17/h3-13H,2,14H2,1H3,(H2,26,28,29,31). The molecule has 4 rings (SSSR count). The van der Waals surface area contributed by atoms with Crippen LogP contribution in [0.5, 0.6) is 0 Å². The van der Waals surface area contributed by atoms with Crippen LogP contribution in [0.15, 0.2) is 71.1 Å². The van der Waals surface area contributed by atoms with E-state index in [9.17, 15) is 9.18 Å². The van der Waals surface area contributed by atoms with Crippen molar-refractivity contribution in [1.29, 1.82) is 0 Å². The zero-order valence-electron chi connectivity index (χ0n) is 16.8. The Bertz CT molecular complexity index is 1230. The number of hydrogen-bond donors (Lipinski definition) is 2. The summed E-state index contributed by atoms with van der Waals surface area (Å²) < 4.78 is 18.8. The fourth-order valence-corrected chi connectivity index (χ4v) is 3.35. The maximum Gasteiger partial charge on any atom is 0.257 e. The van der Waals surface area contributed by atoms with E-state index in [1.807, 2.05) is 30.3 Å². The highest BCUT2D eigenvalue weighted by atomic mass is 32.1. The van der Waals surface area contributed by atoms with Gasteiger partial charge in [0.15, 0.2) is 16.6 Å². The topological polar surface area (TPSA) is 67.2 Å². The largest absolute Gasteiger partial charge is 0.440 e. The molecule has 0 spiro atoms. The van der Waals surface area contributed by atoms with Gasteiger partial charge in [-0.15, -0.1) is 0 Å². The molecule has 0 aliphatic carbocycles. The highest BCUT2D eigenvalue weighted by Crippen LogP contribution is 2.20. The van der Waals surface area contributed by atoms with Gasteiger partial charge in [-0.1, -0.05) is 25.1 Å². The lowest BCUT2D eigenvalue weighted by atomic mass is 10.1. The summed E-state index contributed by atoms with van der Waals surface area (Å²) in [6.45, 7) is 2.11. The molecule has 4 aromatic rings. The number of hydrogen-bond acceptors (Lipinski definition) is 4. The van der Waals surface area contributed by atoms with Gasteiger partial charge >= 0.3 is 0 Å². The summed E-state index contributed by atoms with van der Waals surface area (Å²) in [6, 6.07) is 18.9. The molecule has 1 heterocycles. The van der Waals surface area contributed by atoms with E-state index in [1.165, 1.54) is 29.8 Å². The number of aryl methyl sites for hydroxylation is 1. The highest BCUT2D eigenvalue weighted by molar-refractivity contribution is 7.80. The second kappa shape index (κ2) is 9.06. The van der Waals surface area contributed by atoms with Gasteiger partial charge in [-0.2, -0.15) is 0 Å². The minimum Gasteiger partial charge on any atom is -0.440 e. The van der Waals surface area contributed by atoms with E-state index < -0.39 is 11.7 Å². The average Bonchev–Trinajstić information content (AvgIpc) is 3.16. The van der Waals surface area contributed by atoms with Crippen LogP contribution in [0.3, 0.4) is 0 Å². The van der Waals surface area contributed by atoms with E-state index in [4.69, 9.17) is 16.6 Å². The third-order valence-electron chi connectivity index (χ3n) is 4.81. The zero-order valence-corrected chi connectivity index (χ0v) is 17.6. The first-order chi connectivity index (χ1) is 15.0. The van der Waals surface area contributed by atoms with Crippen molar-refractivity contribution in [2.45, 2.75) is 19.8 Å². The van der Waals surface area contributed by atoms with Crippen molar-refractivity contribution in [3.63, 3.8) is 0 Å². The third-order valence-corrected chi connectivity index (χ3v) is 5.01. The van der Waals surface area contributed by atoms with Gasteiger partial charge in [0, 0.05) is 17.7 Å². The number of oxazole rings is 1. The molecule has 1 aromatic heterocycles. The van der Waals surface area contributed by atoms with Crippen LogP contribution in [0.1, 0.15) is 34.3 Å². The number of amides is 1. The Morgan fingerprint density at radius 3 is 2.45 bits per heavy atom. The summed E-state index contributed by atoms with van der Waals surface area (Å²) in [6.07, 6.45) is 1.53. The van der Waals surface area contributed by atoms with Gasteiger partial charge in [-0.3, -0.25) is 10.1 Å². The van der Waals surface area contributed by atoms with Crippen LogP contribution in [-0.2, 0) is 12.8 Å². The Balaban J connectivity index is 1.36. The number of carbonyl (C=O) groups excluding carboxylic acids is 1. The molecule has 0 radical (unpaired) electrons. The van der Waals surface area contributed by atoms with Crippen LogP contribution in [0, 0.1) is 5.82 Å². The first-order valence-corrected chi connectivity index (χ1v) is 10.3. The SMILES string of the molecule is CCc1ccc2oc(Cc3ccc(NC(=S)NC(=O)c4ccc(F)cc4)cc3)nc2c1. The molecule has 31 heavy (non-hydrogen) atoms. The fraction of sp³-hybridized carbons (Fsp3) is 0.125. The lowest BCUT2D eigenvalue weighted by molar-refractivity contribution is 0.0977. The number of carbonyl (C=O) groups is 1. The number of benzene rings is 3. The Morgan fingerprint density at radius 2 is 1.74 bits per heavy atom. The number of anilines is 1. The van der Waals surface area contributed by atoms with E-state index in [0.717, 1.165) is 28.8 Å². The number of rotatable bonds is 5. The van der Waals surface area contributed by atoms with Gasteiger partial charge in [0.2, 0.25) is 0 Å². The smallest absolute Gasteiger partial charge is 0.257 e. The van der Waals surface area contributed by atoms with Crippen molar-refractivity contribution in [2.24, 2.45) is 0 Å². The quantitative estimate of drug-likeness (QED) is 0.421. The summed E-state index contributed by atoms with van der Waals surface area (Å²) in [5.41, 5.74) is 4.98. The summed E-state index contributed by atoms with van der Waals surface area (Å²) in [7, 11) is 0. The molecule has 7 heteroatoms. The first kappa shape index (κ1) is 20.7. The molecule has 0 atom stereocenters. The van der Waals surface area contributed by atoms with Crippen LogP contribution in [0.2, 0.25) is 0 Å². The lowest BCUT2D eigenvalue weighted by Gasteiger charge is -2.10.